The van der Waals surface area contributed by atoms with Gasteiger partial charge < -0.3 is 10.2 Å². The van der Waals surface area contributed by atoms with Crippen LogP contribution in [0.15, 0.2) is 11.1 Å². The van der Waals surface area contributed by atoms with E-state index in [1.165, 1.54) is 0 Å². The van der Waals surface area contributed by atoms with Gasteiger partial charge in [-0.25, -0.2) is 9.59 Å². The monoisotopic (exact) mass is 178 g/mol. The molecule has 0 aromatic carbocycles. The van der Waals surface area contributed by atoms with Crippen molar-refractivity contribution in [1.29, 1.82) is 0 Å². The zero-order chi connectivity index (χ0) is 9.02. The van der Waals surface area contributed by atoms with E-state index in [2.05, 4.69) is 0 Å². The highest BCUT2D eigenvalue weighted by Gasteiger charge is 2.16. The SMILES string of the molecule is O=C(O)/C=C(\Cl)C(=O)C(=O)O. The normalized spacial score (nSPS) is 10.8. The summed E-state index contributed by atoms with van der Waals surface area (Å²) in [6, 6.07) is 0. The van der Waals surface area contributed by atoms with Gasteiger partial charge in [0.25, 0.3) is 5.78 Å². The van der Waals surface area contributed by atoms with E-state index in [1.807, 2.05) is 0 Å². The van der Waals surface area contributed by atoms with Gasteiger partial charge in [-0.3, -0.25) is 4.79 Å². The first-order valence-corrected chi connectivity index (χ1v) is 2.70. The van der Waals surface area contributed by atoms with E-state index < -0.39 is 22.8 Å². The van der Waals surface area contributed by atoms with Crippen molar-refractivity contribution in [2.24, 2.45) is 0 Å². The molecule has 0 amide bonds. The second-order valence-corrected chi connectivity index (χ2v) is 1.87. The molecule has 0 atom stereocenters. The van der Waals surface area contributed by atoms with Crippen molar-refractivity contribution in [2.75, 3.05) is 0 Å². The van der Waals surface area contributed by atoms with Crippen molar-refractivity contribution < 1.29 is 24.6 Å². The van der Waals surface area contributed by atoms with Crippen LogP contribution in [0.25, 0.3) is 0 Å². The Balaban J connectivity index is 4.49. The fourth-order valence-corrected chi connectivity index (χ4v) is 0.450. The summed E-state index contributed by atoms with van der Waals surface area (Å²) in [5, 5.41) is 15.2. The van der Waals surface area contributed by atoms with E-state index >= 15 is 0 Å². The molecule has 0 bridgehead atoms. The summed E-state index contributed by atoms with van der Waals surface area (Å²) in [7, 11) is 0. The molecule has 6 heteroatoms. The van der Waals surface area contributed by atoms with Gasteiger partial charge in [0, 0.05) is 6.08 Å². The van der Waals surface area contributed by atoms with E-state index in [9.17, 15) is 14.4 Å². The van der Waals surface area contributed by atoms with Crippen LogP contribution in [0.1, 0.15) is 0 Å². The highest BCUT2D eigenvalue weighted by Crippen LogP contribution is 2.01. The van der Waals surface area contributed by atoms with Gasteiger partial charge in [0.15, 0.2) is 0 Å². The number of halogens is 1. The predicted molar refractivity (Wildman–Crippen MR) is 34.2 cm³/mol. The molecule has 0 radical (unpaired) electrons. The first-order valence-electron chi connectivity index (χ1n) is 2.33. The molecule has 0 aromatic rings. The standard InChI is InChI=1S/C5H3ClO5/c6-2(1-3(7)8)4(9)5(10)11/h1H,(H,7,8)(H,10,11)/b2-1-. The summed E-state index contributed by atoms with van der Waals surface area (Å²) < 4.78 is 0. The maximum atomic E-state index is 10.3. The van der Waals surface area contributed by atoms with Crippen molar-refractivity contribution in [3.63, 3.8) is 0 Å². The summed E-state index contributed by atoms with van der Waals surface area (Å²) in [5.74, 6) is -4.69. The Hall–Kier alpha value is -1.36. The summed E-state index contributed by atoms with van der Waals surface area (Å²) >= 11 is 4.97. The molecule has 5 nitrogen and oxygen atoms in total. The fraction of sp³-hybridized carbons (Fsp3) is 0. The van der Waals surface area contributed by atoms with Crippen molar-refractivity contribution >= 4 is 29.3 Å². The molecule has 2 N–H and O–H groups in total. The average Bonchev–Trinajstić information content (AvgIpc) is 1.84. The van der Waals surface area contributed by atoms with Gasteiger partial charge in [-0.2, -0.15) is 0 Å². The van der Waals surface area contributed by atoms with Crippen molar-refractivity contribution in [1.82, 2.24) is 0 Å². The number of Topliss-reactive ketones (excluding diaryl/α,β-unsaturated/α-hetero) is 1. The van der Waals surface area contributed by atoms with Crippen LogP contribution in [-0.2, 0) is 14.4 Å². The lowest BCUT2D eigenvalue weighted by molar-refractivity contribution is -0.147. The molecular weight excluding hydrogens is 176 g/mol. The Morgan fingerprint density at radius 1 is 1.18 bits per heavy atom. The average molecular weight is 179 g/mol. The minimum absolute atomic E-state index is 0.317. The number of carbonyl (C=O) groups excluding carboxylic acids is 1. The van der Waals surface area contributed by atoms with Crippen molar-refractivity contribution in [3.8, 4) is 0 Å². The van der Waals surface area contributed by atoms with Crippen LogP contribution >= 0.6 is 11.6 Å². The first kappa shape index (κ1) is 9.64. The molecule has 0 fully saturated rings. The van der Waals surface area contributed by atoms with Crippen LogP contribution in [0.4, 0.5) is 0 Å². The van der Waals surface area contributed by atoms with E-state index in [4.69, 9.17) is 21.8 Å². The van der Waals surface area contributed by atoms with Gasteiger partial charge in [0.1, 0.15) is 5.03 Å². The molecule has 0 aliphatic rings. The molecule has 11 heavy (non-hydrogen) atoms. The van der Waals surface area contributed by atoms with Crippen LogP contribution in [0, 0.1) is 0 Å². The summed E-state index contributed by atoms with van der Waals surface area (Å²) in [4.78, 5) is 30.0. The van der Waals surface area contributed by atoms with Crippen molar-refractivity contribution in [2.45, 2.75) is 0 Å². The topological polar surface area (TPSA) is 91.7 Å². The van der Waals surface area contributed by atoms with E-state index in [0.29, 0.717) is 6.08 Å². The number of aliphatic carboxylic acids is 2. The molecule has 0 rings (SSSR count). The lowest BCUT2D eigenvalue weighted by atomic mass is 10.3. The number of carboxylic acids is 2. The quantitative estimate of drug-likeness (QED) is 0.463. The largest absolute Gasteiger partial charge is 0.478 e. The van der Waals surface area contributed by atoms with Gasteiger partial charge in [-0.15, -0.1) is 0 Å². The molecule has 0 unspecified atom stereocenters. The lowest BCUT2D eigenvalue weighted by Gasteiger charge is -1.88. The second kappa shape index (κ2) is 3.72. The van der Waals surface area contributed by atoms with E-state index in [1.54, 1.807) is 0 Å². The summed E-state index contributed by atoms with van der Waals surface area (Å²) in [6.45, 7) is 0. The number of carbonyl (C=O) groups is 3. The van der Waals surface area contributed by atoms with Gasteiger partial charge in [0.05, 0.1) is 0 Å². The van der Waals surface area contributed by atoms with Crippen LogP contribution < -0.4 is 0 Å². The predicted octanol–water partition coefficient (Wildman–Crippen LogP) is -0.153. The number of hydrogen-bond donors (Lipinski definition) is 2. The van der Waals surface area contributed by atoms with Crippen LogP contribution in [0.3, 0.4) is 0 Å². The second-order valence-electron chi connectivity index (χ2n) is 1.46. The zero-order valence-electron chi connectivity index (χ0n) is 5.07. The maximum Gasteiger partial charge on any atom is 0.378 e. The third-order valence-corrected chi connectivity index (χ3v) is 0.942. The Bertz CT molecular complexity index is 241. The zero-order valence-corrected chi connectivity index (χ0v) is 5.83. The number of ketones is 1. The fourth-order valence-electron chi connectivity index (χ4n) is 0.276. The molecule has 0 saturated carbocycles. The molecule has 0 spiro atoms. The van der Waals surface area contributed by atoms with Gasteiger partial charge in [-0.1, -0.05) is 11.6 Å². The molecule has 0 aliphatic carbocycles. The van der Waals surface area contributed by atoms with Gasteiger partial charge in [-0.05, 0) is 0 Å². The van der Waals surface area contributed by atoms with Crippen molar-refractivity contribution in [3.05, 3.63) is 11.1 Å². The molecule has 60 valence electrons. The Kier molecular flexibility index (Phi) is 3.26. The molecule has 0 aromatic heterocycles. The minimum Gasteiger partial charge on any atom is -0.478 e. The molecule has 0 aliphatic heterocycles. The lowest BCUT2D eigenvalue weighted by Crippen LogP contribution is -2.13. The summed E-state index contributed by atoms with van der Waals surface area (Å²) in [5.41, 5.74) is 0. The molecule has 0 heterocycles. The Labute approximate surface area is 65.9 Å². The summed E-state index contributed by atoms with van der Waals surface area (Å²) in [6.07, 6.45) is 0.317. The van der Waals surface area contributed by atoms with E-state index in [0.717, 1.165) is 0 Å². The third kappa shape index (κ3) is 3.36. The minimum atomic E-state index is -1.78. The van der Waals surface area contributed by atoms with Gasteiger partial charge in [0.2, 0.25) is 0 Å². The first-order chi connectivity index (χ1) is 4.95. The highest BCUT2D eigenvalue weighted by atomic mass is 35.5. The third-order valence-electron chi connectivity index (χ3n) is 0.661. The molecular formula is C5H3ClO5. The van der Waals surface area contributed by atoms with Crippen LogP contribution in [0.5, 0.6) is 0 Å². The smallest absolute Gasteiger partial charge is 0.378 e. The Morgan fingerprint density at radius 2 is 1.64 bits per heavy atom. The number of hydrogen-bond acceptors (Lipinski definition) is 3. The van der Waals surface area contributed by atoms with Gasteiger partial charge >= 0.3 is 11.9 Å². The maximum absolute atomic E-state index is 10.3. The van der Waals surface area contributed by atoms with Crippen LogP contribution in [-0.4, -0.2) is 27.9 Å². The highest BCUT2D eigenvalue weighted by molar-refractivity contribution is 6.56. The van der Waals surface area contributed by atoms with Crippen LogP contribution in [0.2, 0.25) is 0 Å². The Morgan fingerprint density at radius 3 is 1.91 bits per heavy atom. The number of rotatable bonds is 3. The number of carboxylic acid groups (broad SMARTS) is 2. The molecule has 0 saturated heterocycles. The van der Waals surface area contributed by atoms with E-state index in [-0.39, 0.29) is 0 Å².